The second kappa shape index (κ2) is 3.12. The quantitative estimate of drug-likeness (QED) is 0.575. The first kappa shape index (κ1) is 7.68. The number of hydrogen-bond acceptors (Lipinski definition) is 2. The molecule has 0 aliphatic carbocycles. The zero-order valence-electron chi connectivity index (χ0n) is 4.23. The van der Waals surface area contributed by atoms with Gasteiger partial charge in [-0.15, -0.1) is 11.3 Å². The van der Waals surface area contributed by atoms with Crippen molar-refractivity contribution in [2.24, 2.45) is 0 Å². The molecule has 0 aliphatic rings. The van der Waals surface area contributed by atoms with Crippen LogP contribution < -0.4 is 0 Å². The molecule has 0 saturated carbocycles. The number of aldehydes is 1. The molecule has 0 atom stereocenters. The van der Waals surface area contributed by atoms with Gasteiger partial charge in [-0.25, -0.2) is 0 Å². The molecule has 1 rings (SSSR count). The highest BCUT2D eigenvalue weighted by atomic mass is 127. The summed E-state index contributed by atoms with van der Waals surface area (Å²) in [6, 6.07) is 1.93. The molecule has 48 valence electrons. The van der Waals surface area contributed by atoms with Gasteiger partial charge in [-0.1, -0.05) is 0 Å². The predicted octanol–water partition coefficient (Wildman–Crippen LogP) is 2.93. The van der Waals surface area contributed by atoms with Crippen molar-refractivity contribution >= 4 is 56.1 Å². The van der Waals surface area contributed by atoms with E-state index in [0.29, 0.717) is 0 Å². The average Bonchev–Trinajstić information content (AvgIpc) is 2.10. The Morgan fingerprint density at radius 1 is 1.78 bits per heavy atom. The lowest BCUT2D eigenvalue weighted by Gasteiger charge is -1.76. The van der Waals surface area contributed by atoms with Crippen molar-refractivity contribution in [3.63, 3.8) is 0 Å². The van der Waals surface area contributed by atoms with E-state index in [1.807, 2.05) is 6.07 Å². The Hall–Kier alpha value is 0.580. The van der Waals surface area contributed by atoms with Crippen molar-refractivity contribution in [1.29, 1.82) is 0 Å². The van der Waals surface area contributed by atoms with Crippen LogP contribution >= 0.6 is 49.9 Å². The van der Waals surface area contributed by atoms with Crippen molar-refractivity contribution in [3.05, 3.63) is 18.3 Å². The summed E-state index contributed by atoms with van der Waals surface area (Å²) < 4.78 is 2.02. The van der Waals surface area contributed by atoms with Crippen LogP contribution in [0.2, 0.25) is 0 Å². The van der Waals surface area contributed by atoms with Gasteiger partial charge in [0.25, 0.3) is 0 Å². The Morgan fingerprint density at radius 2 is 2.44 bits per heavy atom. The van der Waals surface area contributed by atoms with Gasteiger partial charge in [0, 0.05) is 4.47 Å². The molecule has 0 saturated heterocycles. The first-order valence-corrected chi connectivity index (χ1v) is 4.83. The third kappa shape index (κ3) is 1.75. The first-order chi connectivity index (χ1) is 4.24. The second-order valence-electron chi connectivity index (χ2n) is 1.38. The molecule has 1 aromatic heterocycles. The normalized spacial score (nSPS) is 9.56. The molecule has 1 aromatic rings. The van der Waals surface area contributed by atoms with E-state index in [4.69, 9.17) is 0 Å². The summed E-state index contributed by atoms with van der Waals surface area (Å²) >= 11 is 6.92. The molecule has 1 heterocycles. The number of hydrogen-bond donors (Lipinski definition) is 0. The van der Waals surface area contributed by atoms with Crippen LogP contribution in [0.1, 0.15) is 9.67 Å². The number of rotatable bonds is 1. The Labute approximate surface area is 78.7 Å². The number of thiophene rings is 1. The first-order valence-electron chi connectivity index (χ1n) is 2.14. The summed E-state index contributed by atoms with van der Waals surface area (Å²) in [4.78, 5) is 11.0. The molecule has 4 heteroatoms. The molecule has 0 amide bonds. The summed E-state index contributed by atoms with van der Waals surface area (Å²) in [5.41, 5.74) is 0. The molecule has 0 aliphatic heterocycles. The molecule has 0 N–H and O–H groups in total. The van der Waals surface area contributed by atoms with E-state index in [-0.39, 0.29) is 0 Å². The average molecular weight is 317 g/mol. The smallest absolute Gasteiger partial charge is 0.161 e. The van der Waals surface area contributed by atoms with E-state index in [2.05, 4.69) is 38.5 Å². The Bertz CT molecular complexity index is 233. The van der Waals surface area contributed by atoms with Gasteiger partial charge in [-0.05, 0) is 44.6 Å². The molecule has 0 unspecified atom stereocenters. The fourth-order valence-corrected chi connectivity index (χ4v) is 3.19. The third-order valence-corrected chi connectivity index (χ3v) is 3.53. The van der Waals surface area contributed by atoms with Crippen LogP contribution in [0, 0.1) is 2.88 Å². The highest BCUT2D eigenvalue weighted by molar-refractivity contribution is 14.1. The van der Waals surface area contributed by atoms with Crippen molar-refractivity contribution in [3.8, 4) is 0 Å². The van der Waals surface area contributed by atoms with Crippen molar-refractivity contribution in [1.82, 2.24) is 0 Å². The van der Waals surface area contributed by atoms with Gasteiger partial charge in [0.1, 0.15) is 0 Å². The van der Waals surface area contributed by atoms with Gasteiger partial charge in [-0.2, -0.15) is 0 Å². The van der Waals surface area contributed by atoms with Crippen LogP contribution in [0.3, 0.4) is 0 Å². The van der Waals surface area contributed by atoms with Gasteiger partial charge in [0.15, 0.2) is 6.29 Å². The maximum Gasteiger partial charge on any atom is 0.161 e. The Balaban J connectivity index is 3.15. The van der Waals surface area contributed by atoms with Crippen LogP contribution in [0.25, 0.3) is 0 Å². The van der Waals surface area contributed by atoms with Crippen LogP contribution in [-0.2, 0) is 0 Å². The second-order valence-corrected chi connectivity index (χ2v) is 5.21. The fourth-order valence-electron chi connectivity index (χ4n) is 0.434. The molecule has 0 spiro atoms. The Kier molecular flexibility index (Phi) is 2.66. The van der Waals surface area contributed by atoms with Crippen LogP contribution in [0.4, 0.5) is 0 Å². The largest absolute Gasteiger partial charge is 0.297 e. The summed E-state index contributed by atoms with van der Waals surface area (Å²) in [7, 11) is 0. The SMILES string of the molecule is O=Cc1sc(I)cc1Br. The van der Waals surface area contributed by atoms with E-state index in [1.165, 1.54) is 11.3 Å². The van der Waals surface area contributed by atoms with Gasteiger partial charge in [-0.3, -0.25) is 4.79 Å². The third-order valence-electron chi connectivity index (χ3n) is 0.790. The zero-order valence-corrected chi connectivity index (χ0v) is 8.79. The number of carbonyl (C=O) groups excluding carboxylic acids is 1. The lowest BCUT2D eigenvalue weighted by Crippen LogP contribution is -1.66. The molecular weight excluding hydrogens is 315 g/mol. The minimum atomic E-state index is 0.763. The lowest BCUT2D eigenvalue weighted by atomic mass is 10.5. The fraction of sp³-hybridized carbons (Fsp3) is 0. The molecule has 0 aromatic carbocycles. The van der Waals surface area contributed by atoms with E-state index < -0.39 is 0 Å². The molecule has 0 radical (unpaired) electrons. The Morgan fingerprint density at radius 3 is 2.67 bits per heavy atom. The minimum absolute atomic E-state index is 0.763. The van der Waals surface area contributed by atoms with Crippen LogP contribution in [-0.4, -0.2) is 6.29 Å². The number of halogens is 2. The van der Waals surface area contributed by atoms with Gasteiger partial charge in [0.05, 0.1) is 7.76 Å². The van der Waals surface area contributed by atoms with Gasteiger partial charge >= 0.3 is 0 Å². The summed E-state index contributed by atoms with van der Waals surface area (Å²) in [5, 5.41) is 0. The summed E-state index contributed by atoms with van der Waals surface area (Å²) in [6.45, 7) is 0. The minimum Gasteiger partial charge on any atom is -0.297 e. The van der Waals surface area contributed by atoms with Crippen LogP contribution in [0.15, 0.2) is 10.5 Å². The highest BCUT2D eigenvalue weighted by Crippen LogP contribution is 2.26. The van der Waals surface area contributed by atoms with E-state index in [0.717, 1.165) is 18.5 Å². The van der Waals surface area contributed by atoms with E-state index in [9.17, 15) is 4.79 Å². The maximum atomic E-state index is 10.2. The number of carbonyl (C=O) groups is 1. The van der Waals surface area contributed by atoms with E-state index in [1.54, 1.807) is 0 Å². The summed E-state index contributed by atoms with van der Waals surface area (Å²) in [5.74, 6) is 0. The predicted molar refractivity (Wildman–Crippen MR) is 50.1 cm³/mol. The molecule has 0 fully saturated rings. The highest BCUT2D eigenvalue weighted by Gasteiger charge is 2.01. The zero-order chi connectivity index (χ0) is 6.85. The molecule has 9 heavy (non-hydrogen) atoms. The molecule has 1 nitrogen and oxygen atoms in total. The molecule has 0 bridgehead atoms. The maximum absolute atomic E-state index is 10.2. The van der Waals surface area contributed by atoms with Crippen molar-refractivity contribution in [2.75, 3.05) is 0 Å². The van der Waals surface area contributed by atoms with Crippen molar-refractivity contribution < 1.29 is 4.79 Å². The van der Waals surface area contributed by atoms with Crippen LogP contribution in [0.5, 0.6) is 0 Å². The van der Waals surface area contributed by atoms with Gasteiger partial charge in [0.2, 0.25) is 0 Å². The standard InChI is InChI=1S/C5H2BrIOS/c6-3-1-5(7)9-4(3)2-8/h1-2H. The summed E-state index contributed by atoms with van der Waals surface area (Å²) in [6.07, 6.45) is 0.858. The molecular formula is C5H2BrIOS. The monoisotopic (exact) mass is 316 g/mol. The lowest BCUT2D eigenvalue weighted by molar-refractivity contribution is 0.112. The van der Waals surface area contributed by atoms with E-state index >= 15 is 0 Å². The van der Waals surface area contributed by atoms with Gasteiger partial charge < -0.3 is 0 Å². The topological polar surface area (TPSA) is 17.1 Å². The van der Waals surface area contributed by atoms with Crippen molar-refractivity contribution in [2.45, 2.75) is 0 Å².